The normalized spacial score (nSPS) is 14.9. The fraction of sp³-hybridized carbons (Fsp3) is 0.500. The van der Waals surface area contributed by atoms with Crippen LogP contribution in [0.1, 0.15) is 72.0 Å². The van der Waals surface area contributed by atoms with E-state index in [1.807, 2.05) is 39.0 Å². The molecule has 1 unspecified atom stereocenters. The van der Waals surface area contributed by atoms with Gasteiger partial charge in [0.15, 0.2) is 13.2 Å². The van der Waals surface area contributed by atoms with E-state index in [0.717, 1.165) is 40.8 Å². The molecule has 184 valence electrons. The van der Waals surface area contributed by atoms with Gasteiger partial charge in [0, 0.05) is 4.88 Å². The number of ether oxygens (including phenoxy) is 3. The van der Waals surface area contributed by atoms with Crippen LogP contribution in [0.15, 0.2) is 18.2 Å². The van der Waals surface area contributed by atoms with Crippen LogP contribution in [0.2, 0.25) is 0 Å². The maximum atomic E-state index is 12.6. The minimum atomic E-state index is -0.642. The van der Waals surface area contributed by atoms with Crippen LogP contribution in [0.5, 0.6) is 5.75 Å². The average Bonchev–Trinajstić information content (AvgIpc) is 3.12. The molecule has 1 N–H and O–H groups in total. The van der Waals surface area contributed by atoms with Crippen molar-refractivity contribution in [2.24, 2.45) is 5.92 Å². The maximum Gasteiger partial charge on any atom is 0.344 e. The zero-order valence-corrected chi connectivity index (χ0v) is 21.3. The van der Waals surface area contributed by atoms with Crippen LogP contribution in [-0.2, 0) is 31.9 Å². The first kappa shape index (κ1) is 25.7. The van der Waals surface area contributed by atoms with Crippen molar-refractivity contribution in [3.05, 3.63) is 45.3 Å². The number of amides is 1. The molecule has 1 aromatic carbocycles. The Bertz CT molecular complexity index is 1060. The van der Waals surface area contributed by atoms with Gasteiger partial charge in [-0.1, -0.05) is 32.9 Å². The summed E-state index contributed by atoms with van der Waals surface area (Å²) in [5, 5.41) is 3.20. The van der Waals surface area contributed by atoms with Gasteiger partial charge in [0.25, 0.3) is 5.91 Å². The maximum absolute atomic E-state index is 12.6. The predicted molar refractivity (Wildman–Crippen MR) is 132 cm³/mol. The molecule has 0 saturated heterocycles. The van der Waals surface area contributed by atoms with Gasteiger partial charge >= 0.3 is 11.9 Å². The molecule has 0 spiro atoms. The Hall–Kier alpha value is -2.87. The molecule has 1 atom stereocenters. The monoisotopic (exact) mass is 487 g/mol. The summed E-state index contributed by atoms with van der Waals surface area (Å²) in [5.74, 6) is -0.190. The highest BCUT2D eigenvalue weighted by atomic mass is 32.1. The lowest BCUT2D eigenvalue weighted by Crippen LogP contribution is -2.24. The second kappa shape index (κ2) is 11.5. The van der Waals surface area contributed by atoms with Crippen molar-refractivity contribution in [2.75, 3.05) is 25.1 Å². The van der Waals surface area contributed by atoms with Gasteiger partial charge in [-0.05, 0) is 67.7 Å². The zero-order valence-electron chi connectivity index (χ0n) is 20.5. The van der Waals surface area contributed by atoms with Crippen LogP contribution < -0.4 is 10.1 Å². The van der Waals surface area contributed by atoms with Crippen LogP contribution in [0.4, 0.5) is 5.00 Å². The van der Waals surface area contributed by atoms with Crippen LogP contribution >= 0.6 is 11.3 Å². The number of nitrogens with one attached hydrogen (secondary N) is 1. The first-order valence-corrected chi connectivity index (χ1v) is 12.5. The largest absolute Gasteiger partial charge is 0.482 e. The van der Waals surface area contributed by atoms with E-state index in [4.69, 9.17) is 14.2 Å². The first-order valence-electron chi connectivity index (χ1n) is 11.7. The van der Waals surface area contributed by atoms with E-state index in [1.165, 1.54) is 11.3 Å². The van der Waals surface area contributed by atoms with E-state index in [-0.39, 0.29) is 19.1 Å². The Labute approximate surface area is 204 Å². The third-order valence-electron chi connectivity index (χ3n) is 5.75. The van der Waals surface area contributed by atoms with E-state index in [2.05, 4.69) is 12.2 Å². The molecule has 1 aliphatic rings. The molecule has 1 heterocycles. The topological polar surface area (TPSA) is 90.9 Å². The SMILES string of the molecule is CCOC(=O)c1c(NC(=O)COC(=O)COc2cc(C)ccc2C(C)C)sc2c1CCC(C)C2. The van der Waals surface area contributed by atoms with Crippen LogP contribution in [0.25, 0.3) is 0 Å². The fourth-order valence-corrected chi connectivity index (χ4v) is 5.40. The lowest BCUT2D eigenvalue weighted by Gasteiger charge is -2.18. The van der Waals surface area contributed by atoms with Crippen LogP contribution in [-0.4, -0.2) is 37.7 Å². The summed E-state index contributed by atoms with van der Waals surface area (Å²) in [6, 6.07) is 5.86. The van der Waals surface area contributed by atoms with E-state index < -0.39 is 24.5 Å². The Kier molecular flexibility index (Phi) is 8.72. The van der Waals surface area contributed by atoms with Gasteiger partial charge < -0.3 is 19.5 Å². The molecule has 7 nitrogen and oxygen atoms in total. The predicted octanol–water partition coefficient (Wildman–Crippen LogP) is 5.04. The molecule has 0 bridgehead atoms. The molecule has 1 aromatic heterocycles. The van der Waals surface area contributed by atoms with Crippen molar-refractivity contribution in [3.8, 4) is 5.75 Å². The van der Waals surface area contributed by atoms with Crippen molar-refractivity contribution in [1.82, 2.24) is 0 Å². The second-order valence-corrected chi connectivity index (χ2v) is 10.1. The zero-order chi connectivity index (χ0) is 24.8. The van der Waals surface area contributed by atoms with Gasteiger partial charge in [0.2, 0.25) is 0 Å². The first-order chi connectivity index (χ1) is 16.2. The van der Waals surface area contributed by atoms with E-state index in [1.54, 1.807) is 6.92 Å². The smallest absolute Gasteiger partial charge is 0.344 e. The van der Waals surface area contributed by atoms with Crippen molar-refractivity contribution < 1.29 is 28.6 Å². The number of anilines is 1. The molecule has 0 saturated carbocycles. The van der Waals surface area contributed by atoms with Gasteiger partial charge in [-0.3, -0.25) is 4.79 Å². The molecule has 8 heteroatoms. The summed E-state index contributed by atoms with van der Waals surface area (Å²) in [7, 11) is 0. The molecule has 34 heavy (non-hydrogen) atoms. The number of aryl methyl sites for hydroxylation is 1. The summed E-state index contributed by atoms with van der Waals surface area (Å²) >= 11 is 1.40. The molecular formula is C26H33NO6S. The van der Waals surface area contributed by atoms with E-state index >= 15 is 0 Å². The lowest BCUT2D eigenvalue weighted by atomic mass is 9.88. The molecule has 0 aliphatic heterocycles. The number of thiophene rings is 1. The third kappa shape index (κ3) is 6.38. The Morgan fingerprint density at radius 3 is 2.65 bits per heavy atom. The van der Waals surface area contributed by atoms with Crippen LogP contribution in [0.3, 0.4) is 0 Å². The van der Waals surface area contributed by atoms with Gasteiger partial charge in [0.05, 0.1) is 12.2 Å². The average molecular weight is 488 g/mol. The van der Waals surface area contributed by atoms with Crippen molar-refractivity contribution >= 4 is 34.2 Å². The number of carbonyl (C=O) groups excluding carboxylic acids is 3. The summed E-state index contributed by atoms with van der Waals surface area (Å²) in [6.45, 7) is 9.47. The minimum Gasteiger partial charge on any atom is -0.482 e. The standard InChI is InChI=1S/C26H33NO6S/c1-6-31-26(30)24-19-10-8-17(5)12-21(19)34-25(24)27-22(28)13-33-23(29)14-32-20-11-16(4)7-9-18(20)15(2)3/h7,9,11,15,17H,6,8,10,12-14H2,1-5H3,(H,27,28). The van der Waals surface area contributed by atoms with Gasteiger partial charge in [-0.25, -0.2) is 9.59 Å². The Balaban J connectivity index is 1.60. The molecule has 1 amide bonds. The molecular weight excluding hydrogens is 454 g/mol. The summed E-state index contributed by atoms with van der Waals surface area (Å²) in [6.07, 6.45) is 2.63. The quantitative estimate of drug-likeness (QED) is 0.498. The molecule has 1 aliphatic carbocycles. The number of carbonyl (C=O) groups is 3. The van der Waals surface area contributed by atoms with Crippen LogP contribution in [0, 0.1) is 12.8 Å². The summed E-state index contributed by atoms with van der Waals surface area (Å²) in [5.41, 5.74) is 3.41. The fourth-order valence-electron chi connectivity index (χ4n) is 3.99. The van der Waals surface area contributed by atoms with Gasteiger partial charge in [-0.2, -0.15) is 0 Å². The van der Waals surface area contributed by atoms with E-state index in [9.17, 15) is 14.4 Å². The highest BCUT2D eigenvalue weighted by Gasteiger charge is 2.29. The Morgan fingerprint density at radius 2 is 1.94 bits per heavy atom. The summed E-state index contributed by atoms with van der Waals surface area (Å²) < 4.78 is 16.0. The highest BCUT2D eigenvalue weighted by Crippen LogP contribution is 2.40. The van der Waals surface area contributed by atoms with Crippen molar-refractivity contribution in [1.29, 1.82) is 0 Å². The van der Waals surface area contributed by atoms with E-state index in [0.29, 0.717) is 22.2 Å². The van der Waals surface area contributed by atoms with Crippen molar-refractivity contribution in [3.63, 3.8) is 0 Å². The lowest BCUT2D eigenvalue weighted by molar-refractivity contribution is -0.149. The third-order valence-corrected chi connectivity index (χ3v) is 6.91. The number of hydrogen-bond donors (Lipinski definition) is 1. The molecule has 0 fully saturated rings. The van der Waals surface area contributed by atoms with Gasteiger partial charge in [-0.15, -0.1) is 11.3 Å². The molecule has 3 rings (SSSR count). The van der Waals surface area contributed by atoms with Crippen molar-refractivity contribution in [2.45, 2.75) is 59.8 Å². The molecule has 2 aromatic rings. The number of fused-ring (bicyclic) bond motifs is 1. The second-order valence-electron chi connectivity index (χ2n) is 8.97. The summed E-state index contributed by atoms with van der Waals surface area (Å²) in [4.78, 5) is 38.4. The number of esters is 2. The highest BCUT2D eigenvalue weighted by molar-refractivity contribution is 7.17. The molecule has 0 radical (unpaired) electrons. The van der Waals surface area contributed by atoms with Gasteiger partial charge in [0.1, 0.15) is 10.8 Å². The minimum absolute atomic E-state index is 0.241. The number of rotatable bonds is 9. The Morgan fingerprint density at radius 1 is 1.18 bits per heavy atom. The number of hydrogen-bond acceptors (Lipinski definition) is 7. The number of benzene rings is 1.